The summed E-state index contributed by atoms with van der Waals surface area (Å²) in [5.74, 6) is 0.305. The zero-order chi connectivity index (χ0) is 13.8. The average Bonchev–Trinajstić information content (AvgIpc) is 2.39. The summed E-state index contributed by atoms with van der Waals surface area (Å²) in [5, 5.41) is 10.8. The quantitative estimate of drug-likeness (QED) is 0.372. The van der Waals surface area contributed by atoms with Crippen molar-refractivity contribution in [1.82, 2.24) is 9.97 Å². The molecule has 19 heavy (non-hydrogen) atoms. The SMILES string of the molecule is CSc1ccccc1Oc1nc(Cl)ncc1[N+](=O)[O-]. The minimum absolute atomic E-state index is 0.109. The molecule has 1 aromatic heterocycles. The number of nitrogens with zero attached hydrogens (tertiary/aromatic N) is 3. The highest BCUT2D eigenvalue weighted by Crippen LogP contribution is 2.34. The summed E-state index contributed by atoms with van der Waals surface area (Å²) >= 11 is 7.09. The van der Waals surface area contributed by atoms with Crippen LogP contribution in [0.5, 0.6) is 11.6 Å². The number of nitro groups is 1. The van der Waals surface area contributed by atoms with Gasteiger partial charge in [0, 0.05) is 4.90 Å². The molecule has 2 rings (SSSR count). The Balaban J connectivity index is 2.42. The number of halogens is 1. The number of ether oxygens (including phenoxy) is 1. The number of hydrogen-bond donors (Lipinski definition) is 0. The molecule has 0 atom stereocenters. The Morgan fingerprint density at radius 2 is 2.16 bits per heavy atom. The Morgan fingerprint density at radius 3 is 2.84 bits per heavy atom. The third-order valence-electron chi connectivity index (χ3n) is 2.18. The molecule has 6 nitrogen and oxygen atoms in total. The third-order valence-corrected chi connectivity index (χ3v) is 3.14. The van der Waals surface area contributed by atoms with E-state index in [-0.39, 0.29) is 16.9 Å². The molecule has 98 valence electrons. The van der Waals surface area contributed by atoms with E-state index in [9.17, 15) is 10.1 Å². The molecule has 0 N–H and O–H groups in total. The van der Waals surface area contributed by atoms with Gasteiger partial charge in [-0.25, -0.2) is 4.98 Å². The van der Waals surface area contributed by atoms with Gasteiger partial charge in [0.2, 0.25) is 5.28 Å². The highest BCUT2D eigenvalue weighted by Gasteiger charge is 2.20. The minimum atomic E-state index is -0.618. The molecule has 0 amide bonds. The minimum Gasteiger partial charge on any atom is -0.432 e. The first kappa shape index (κ1) is 13.6. The summed E-state index contributed by atoms with van der Waals surface area (Å²) in [6.45, 7) is 0. The number of rotatable bonds is 4. The fourth-order valence-corrected chi connectivity index (χ4v) is 2.00. The van der Waals surface area contributed by atoms with Crippen LogP contribution in [0, 0.1) is 10.1 Å². The van der Waals surface area contributed by atoms with Crippen molar-refractivity contribution in [3.63, 3.8) is 0 Å². The van der Waals surface area contributed by atoms with Crippen LogP contribution >= 0.6 is 23.4 Å². The number of hydrogen-bond acceptors (Lipinski definition) is 6. The second kappa shape index (κ2) is 5.85. The van der Waals surface area contributed by atoms with Crippen LogP contribution in [0.2, 0.25) is 5.28 Å². The van der Waals surface area contributed by atoms with Crippen molar-refractivity contribution in [1.29, 1.82) is 0 Å². The topological polar surface area (TPSA) is 78.2 Å². The highest BCUT2D eigenvalue weighted by molar-refractivity contribution is 7.98. The maximum Gasteiger partial charge on any atom is 0.349 e. The van der Waals surface area contributed by atoms with Crippen molar-refractivity contribution in [2.24, 2.45) is 0 Å². The van der Waals surface area contributed by atoms with Crippen molar-refractivity contribution in [2.75, 3.05) is 6.26 Å². The lowest BCUT2D eigenvalue weighted by Crippen LogP contribution is -1.98. The normalized spacial score (nSPS) is 10.2. The summed E-state index contributed by atoms with van der Waals surface area (Å²) in [5.41, 5.74) is -0.333. The molecule has 0 radical (unpaired) electrons. The second-order valence-electron chi connectivity index (χ2n) is 3.34. The Labute approximate surface area is 117 Å². The van der Waals surface area contributed by atoms with Gasteiger partial charge in [-0.15, -0.1) is 11.8 Å². The van der Waals surface area contributed by atoms with Crippen LogP contribution in [-0.2, 0) is 0 Å². The van der Waals surface area contributed by atoms with E-state index < -0.39 is 4.92 Å². The number of benzene rings is 1. The van der Waals surface area contributed by atoms with Gasteiger partial charge in [0.25, 0.3) is 0 Å². The molecule has 2 aromatic rings. The van der Waals surface area contributed by atoms with E-state index in [0.29, 0.717) is 5.75 Å². The molecule has 0 spiro atoms. The first-order valence-electron chi connectivity index (χ1n) is 5.09. The van der Waals surface area contributed by atoms with Gasteiger partial charge in [-0.1, -0.05) is 12.1 Å². The number of para-hydroxylation sites is 1. The summed E-state index contributed by atoms with van der Waals surface area (Å²) < 4.78 is 5.48. The summed E-state index contributed by atoms with van der Waals surface area (Å²) in [4.78, 5) is 18.4. The standard InChI is InChI=1S/C11H8ClN3O3S/c1-19-9-5-3-2-4-8(9)18-10-7(15(16)17)6-13-11(12)14-10/h2-6H,1H3. The Kier molecular flexibility index (Phi) is 4.18. The molecule has 0 bridgehead atoms. The largest absolute Gasteiger partial charge is 0.432 e. The van der Waals surface area contributed by atoms with Crippen molar-refractivity contribution in [3.05, 3.63) is 45.9 Å². The van der Waals surface area contributed by atoms with Gasteiger partial charge >= 0.3 is 11.6 Å². The summed E-state index contributed by atoms with van der Waals surface area (Å²) in [6, 6.07) is 7.16. The van der Waals surface area contributed by atoms with Crippen LogP contribution in [0.15, 0.2) is 35.4 Å². The van der Waals surface area contributed by atoms with Crippen molar-refractivity contribution >= 4 is 29.1 Å². The van der Waals surface area contributed by atoms with E-state index in [1.165, 1.54) is 11.8 Å². The molecule has 0 aliphatic heterocycles. The first-order valence-corrected chi connectivity index (χ1v) is 6.70. The fourth-order valence-electron chi connectivity index (χ4n) is 1.35. The predicted molar refractivity (Wildman–Crippen MR) is 72.0 cm³/mol. The van der Waals surface area contributed by atoms with Gasteiger partial charge in [0.15, 0.2) is 0 Å². The third kappa shape index (κ3) is 3.12. The van der Waals surface area contributed by atoms with Crippen molar-refractivity contribution in [3.8, 4) is 11.6 Å². The molecule has 8 heteroatoms. The zero-order valence-electron chi connectivity index (χ0n) is 9.74. The van der Waals surface area contributed by atoms with Crippen LogP contribution in [0.25, 0.3) is 0 Å². The Hall–Kier alpha value is -1.86. The van der Waals surface area contributed by atoms with E-state index in [1.807, 2.05) is 18.4 Å². The lowest BCUT2D eigenvalue weighted by molar-refractivity contribution is -0.386. The second-order valence-corrected chi connectivity index (χ2v) is 4.53. The predicted octanol–water partition coefficient (Wildman–Crippen LogP) is 3.55. The average molecular weight is 298 g/mol. The van der Waals surface area contributed by atoms with Gasteiger partial charge in [-0.05, 0) is 30.0 Å². The Bertz CT molecular complexity index is 624. The first-order chi connectivity index (χ1) is 9.11. The summed E-state index contributed by atoms with van der Waals surface area (Å²) in [6.07, 6.45) is 2.90. The van der Waals surface area contributed by atoms with Crippen LogP contribution in [0.1, 0.15) is 0 Å². The Morgan fingerprint density at radius 1 is 1.42 bits per heavy atom. The van der Waals surface area contributed by atoms with Crippen LogP contribution in [0.3, 0.4) is 0 Å². The van der Waals surface area contributed by atoms with Gasteiger partial charge in [-0.2, -0.15) is 4.98 Å². The lowest BCUT2D eigenvalue weighted by Gasteiger charge is -2.08. The maximum atomic E-state index is 10.9. The van der Waals surface area contributed by atoms with Gasteiger partial charge < -0.3 is 4.74 Å². The van der Waals surface area contributed by atoms with Gasteiger partial charge in [0.1, 0.15) is 11.9 Å². The van der Waals surface area contributed by atoms with E-state index >= 15 is 0 Å². The number of thioether (sulfide) groups is 1. The fraction of sp³-hybridized carbons (Fsp3) is 0.0909. The number of aromatic nitrogens is 2. The molecular formula is C11H8ClN3O3S. The molecule has 0 saturated heterocycles. The van der Waals surface area contributed by atoms with E-state index in [1.54, 1.807) is 12.1 Å². The van der Waals surface area contributed by atoms with Crippen molar-refractivity contribution in [2.45, 2.75) is 4.90 Å². The van der Waals surface area contributed by atoms with Gasteiger partial charge in [-0.3, -0.25) is 10.1 Å². The molecular weight excluding hydrogens is 290 g/mol. The smallest absolute Gasteiger partial charge is 0.349 e. The molecule has 1 heterocycles. The molecule has 0 unspecified atom stereocenters. The maximum absolute atomic E-state index is 10.9. The van der Waals surface area contributed by atoms with E-state index in [0.717, 1.165) is 11.1 Å². The monoisotopic (exact) mass is 297 g/mol. The lowest BCUT2D eigenvalue weighted by atomic mass is 10.3. The molecule has 1 aromatic carbocycles. The molecule has 0 fully saturated rings. The van der Waals surface area contributed by atoms with E-state index in [2.05, 4.69) is 9.97 Å². The molecule has 0 aliphatic rings. The van der Waals surface area contributed by atoms with Gasteiger partial charge in [0.05, 0.1) is 4.92 Å². The summed E-state index contributed by atoms with van der Waals surface area (Å²) in [7, 11) is 0. The molecule has 0 aliphatic carbocycles. The van der Waals surface area contributed by atoms with Crippen molar-refractivity contribution < 1.29 is 9.66 Å². The molecule has 0 saturated carbocycles. The van der Waals surface area contributed by atoms with Crippen LogP contribution < -0.4 is 4.74 Å². The van der Waals surface area contributed by atoms with E-state index in [4.69, 9.17) is 16.3 Å². The van der Waals surface area contributed by atoms with Crippen LogP contribution in [0.4, 0.5) is 5.69 Å². The van der Waals surface area contributed by atoms with Crippen LogP contribution in [-0.4, -0.2) is 21.1 Å². The zero-order valence-corrected chi connectivity index (χ0v) is 11.3. The highest BCUT2D eigenvalue weighted by atomic mass is 35.5.